The Morgan fingerprint density at radius 2 is 1.91 bits per heavy atom. The van der Waals surface area contributed by atoms with Gasteiger partial charge in [-0.2, -0.15) is 0 Å². The van der Waals surface area contributed by atoms with Crippen LogP contribution >= 0.6 is 0 Å². The maximum atomic E-state index is 5.64. The summed E-state index contributed by atoms with van der Waals surface area (Å²) in [4.78, 5) is 2.59. The van der Waals surface area contributed by atoms with Gasteiger partial charge in [-0.1, -0.05) is 19.9 Å². The van der Waals surface area contributed by atoms with Crippen LogP contribution in [-0.2, 0) is 0 Å². The first-order valence-corrected chi connectivity index (χ1v) is 8.41. The normalized spacial score (nSPS) is 17.5. The molecule has 4 nitrogen and oxygen atoms in total. The van der Waals surface area contributed by atoms with Gasteiger partial charge in [0.25, 0.3) is 0 Å². The molecule has 0 bridgehead atoms. The number of methoxy groups -OCH3 is 1. The first-order chi connectivity index (χ1) is 10.7. The van der Waals surface area contributed by atoms with Crippen molar-refractivity contribution in [1.29, 1.82) is 0 Å². The number of nitrogens with zero attached hydrogens (tertiary/aromatic N) is 1. The van der Waals surface area contributed by atoms with Crippen molar-refractivity contribution in [1.82, 2.24) is 10.2 Å². The summed E-state index contributed by atoms with van der Waals surface area (Å²) in [5.41, 5.74) is 1.33. The molecule has 0 saturated carbocycles. The van der Waals surface area contributed by atoms with E-state index >= 15 is 0 Å². The first kappa shape index (κ1) is 17.1. The topological polar surface area (TPSA) is 33.7 Å². The lowest BCUT2D eigenvalue weighted by Gasteiger charge is -2.36. The lowest BCUT2D eigenvalue weighted by molar-refractivity contribution is 0.153. The second-order valence-electron chi connectivity index (χ2n) is 6.27. The lowest BCUT2D eigenvalue weighted by atomic mass is 9.94. The van der Waals surface area contributed by atoms with E-state index in [4.69, 9.17) is 9.47 Å². The van der Waals surface area contributed by atoms with Gasteiger partial charge in [-0.05, 0) is 37.0 Å². The molecule has 0 radical (unpaired) electrons. The molecule has 1 aliphatic heterocycles. The molecule has 1 aliphatic rings. The van der Waals surface area contributed by atoms with Crippen LogP contribution in [0.4, 0.5) is 0 Å². The van der Waals surface area contributed by atoms with Gasteiger partial charge in [0.15, 0.2) is 11.5 Å². The minimum atomic E-state index is 0.451. The summed E-state index contributed by atoms with van der Waals surface area (Å²) in [5.74, 6) is 2.33. The third-order valence-electron chi connectivity index (χ3n) is 4.16. The third kappa shape index (κ3) is 4.37. The molecule has 2 rings (SSSR count). The van der Waals surface area contributed by atoms with Crippen LogP contribution < -0.4 is 14.8 Å². The van der Waals surface area contributed by atoms with Crippen molar-refractivity contribution < 1.29 is 9.47 Å². The van der Waals surface area contributed by atoms with Crippen molar-refractivity contribution in [3.05, 3.63) is 23.8 Å². The highest BCUT2D eigenvalue weighted by Gasteiger charge is 2.24. The summed E-state index contributed by atoms with van der Waals surface area (Å²) < 4.78 is 11.2. The Hall–Kier alpha value is -1.26. The van der Waals surface area contributed by atoms with E-state index < -0.39 is 0 Å². The SMILES string of the molecule is CCOc1ccc([C@H](CC(C)C)N2CCNCC2)cc1OC. The third-order valence-corrected chi connectivity index (χ3v) is 4.16. The fourth-order valence-corrected chi connectivity index (χ4v) is 3.10. The molecular formula is C18H30N2O2. The summed E-state index contributed by atoms with van der Waals surface area (Å²) >= 11 is 0. The zero-order valence-corrected chi connectivity index (χ0v) is 14.4. The van der Waals surface area contributed by atoms with Crippen molar-refractivity contribution >= 4 is 0 Å². The molecule has 1 aromatic carbocycles. The van der Waals surface area contributed by atoms with Crippen LogP contribution in [0.1, 0.15) is 38.8 Å². The van der Waals surface area contributed by atoms with Gasteiger partial charge in [0, 0.05) is 32.2 Å². The molecule has 0 aromatic heterocycles. The standard InChI is InChI=1S/C18H30N2O2/c1-5-22-17-7-6-15(13-18(17)21-4)16(12-14(2)3)20-10-8-19-9-11-20/h6-7,13-14,16,19H,5,8-12H2,1-4H3/t16-/m0/s1. The predicted octanol–water partition coefficient (Wildman–Crippen LogP) is 3.09. The average Bonchev–Trinajstić information content (AvgIpc) is 2.54. The molecule has 0 amide bonds. The van der Waals surface area contributed by atoms with Gasteiger partial charge in [0.1, 0.15) is 0 Å². The van der Waals surface area contributed by atoms with Crippen molar-refractivity contribution in [2.75, 3.05) is 39.9 Å². The summed E-state index contributed by atoms with van der Waals surface area (Å²) in [6, 6.07) is 6.85. The van der Waals surface area contributed by atoms with Crippen LogP contribution in [0.3, 0.4) is 0 Å². The molecule has 4 heteroatoms. The zero-order chi connectivity index (χ0) is 15.9. The van der Waals surface area contributed by atoms with E-state index in [1.54, 1.807) is 7.11 Å². The van der Waals surface area contributed by atoms with Gasteiger partial charge in [-0.3, -0.25) is 4.90 Å². The van der Waals surface area contributed by atoms with Gasteiger partial charge in [0.05, 0.1) is 13.7 Å². The van der Waals surface area contributed by atoms with Gasteiger partial charge in [-0.15, -0.1) is 0 Å². The van der Waals surface area contributed by atoms with Crippen molar-refractivity contribution in [3.8, 4) is 11.5 Å². The van der Waals surface area contributed by atoms with E-state index in [1.807, 2.05) is 13.0 Å². The molecule has 22 heavy (non-hydrogen) atoms. The highest BCUT2D eigenvalue weighted by molar-refractivity contribution is 5.44. The van der Waals surface area contributed by atoms with E-state index in [2.05, 4.69) is 36.2 Å². The molecule has 1 N–H and O–H groups in total. The molecule has 1 fully saturated rings. The Morgan fingerprint density at radius 3 is 2.50 bits per heavy atom. The fraction of sp³-hybridized carbons (Fsp3) is 0.667. The maximum absolute atomic E-state index is 5.64. The van der Waals surface area contributed by atoms with Gasteiger partial charge in [-0.25, -0.2) is 0 Å². The molecule has 0 aliphatic carbocycles. The Balaban J connectivity index is 2.25. The number of hydrogen-bond acceptors (Lipinski definition) is 4. The molecule has 1 heterocycles. The number of nitrogens with one attached hydrogen (secondary N) is 1. The highest BCUT2D eigenvalue weighted by Crippen LogP contribution is 2.35. The zero-order valence-electron chi connectivity index (χ0n) is 14.4. The Labute approximate surface area is 134 Å². The second kappa shape index (κ2) is 8.39. The minimum Gasteiger partial charge on any atom is -0.493 e. The largest absolute Gasteiger partial charge is 0.493 e. The number of rotatable bonds is 7. The second-order valence-corrected chi connectivity index (χ2v) is 6.27. The Kier molecular flexibility index (Phi) is 6.52. The van der Waals surface area contributed by atoms with Crippen molar-refractivity contribution in [2.45, 2.75) is 33.2 Å². The smallest absolute Gasteiger partial charge is 0.161 e. The van der Waals surface area contributed by atoms with E-state index in [0.29, 0.717) is 18.6 Å². The van der Waals surface area contributed by atoms with Crippen LogP contribution in [0, 0.1) is 5.92 Å². The average molecular weight is 306 g/mol. The summed E-state index contributed by atoms with van der Waals surface area (Å²) in [7, 11) is 1.71. The van der Waals surface area contributed by atoms with Crippen LogP contribution in [0.15, 0.2) is 18.2 Å². The Bertz CT molecular complexity index is 456. The number of hydrogen-bond donors (Lipinski definition) is 1. The van der Waals surface area contributed by atoms with Crippen LogP contribution in [0.2, 0.25) is 0 Å². The van der Waals surface area contributed by atoms with Crippen molar-refractivity contribution in [3.63, 3.8) is 0 Å². The number of benzene rings is 1. The first-order valence-electron chi connectivity index (χ1n) is 8.41. The van der Waals surface area contributed by atoms with Gasteiger partial charge >= 0.3 is 0 Å². The van der Waals surface area contributed by atoms with Crippen molar-refractivity contribution in [2.24, 2.45) is 5.92 Å². The lowest BCUT2D eigenvalue weighted by Crippen LogP contribution is -2.45. The van der Waals surface area contributed by atoms with E-state index in [1.165, 1.54) is 5.56 Å². The monoisotopic (exact) mass is 306 g/mol. The summed E-state index contributed by atoms with van der Waals surface area (Å²) in [5, 5.41) is 3.44. The van der Waals surface area contributed by atoms with Gasteiger partial charge in [0.2, 0.25) is 0 Å². The molecule has 0 spiro atoms. The molecule has 1 atom stereocenters. The number of piperazine rings is 1. The van der Waals surface area contributed by atoms with E-state index in [9.17, 15) is 0 Å². The highest BCUT2D eigenvalue weighted by atomic mass is 16.5. The molecule has 124 valence electrons. The van der Waals surface area contributed by atoms with Crippen LogP contribution in [-0.4, -0.2) is 44.8 Å². The maximum Gasteiger partial charge on any atom is 0.161 e. The van der Waals surface area contributed by atoms with E-state index in [-0.39, 0.29) is 0 Å². The van der Waals surface area contributed by atoms with E-state index in [0.717, 1.165) is 44.1 Å². The molecule has 1 aromatic rings. The predicted molar refractivity (Wildman–Crippen MR) is 90.8 cm³/mol. The minimum absolute atomic E-state index is 0.451. The molecule has 1 saturated heterocycles. The quantitative estimate of drug-likeness (QED) is 0.839. The van der Waals surface area contributed by atoms with Crippen LogP contribution in [0.5, 0.6) is 11.5 Å². The summed E-state index contributed by atoms with van der Waals surface area (Å²) in [6.45, 7) is 11.6. The number of ether oxygens (including phenoxy) is 2. The molecule has 0 unspecified atom stereocenters. The Morgan fingerprint density at radius 1 is 1.18 bits per heavy atom. The summed E-state index contributed by atoms with van der Waals surface area (Å²) in [6.07, 6.45) is 1.16. The fourth-order valence-electron chi connectivity index (χ4n) is 3.10. The molecular weight excluding hydrogens is 276 g/mol. The van der Waals surface area contributed by atoms with Crippen LogP contribution in [0.25, 0.3) is 0 Å². The van der Waals surface area contributed by atoms with Gasteiger partial charge < -0.3 is 14.8 Å².